The van der Waals surface area contributed by atoms with Crippen molar-refractivity contribution in [1.82, 2.24) is 9.78 Å². The number of nitrogens with one attached hydrogen (secondary N) is 2. The molecule has 1 aliphatic heterocycles. The number of anilines is 2. The van der Waals surface area contributed by atoms with Gasteiger partial charge in [-0.1, -0.05) is 0 Å². The molecule has 1 saturated carbocycles. The molecule has 1 aromatic heterocycles. The second kappa shape index (κ2) is 5.42. The molecule has 118 valence electrons. The van der Waals surface area contributed by atoms with Gasteiger partial charge in [0.25, 0.3) is 11.8 Å². The Bertz CT molecular complexity index is 779. The van der Waals surface area contributed by atoms with Gasteiger partial charge in [-0.25, -0.2) is 0 Å². The summed E-state index contributed by atoms with van der Waals surface area (Å²) in [6.45, 7) is 0.0130. The summed E-state index contributed by atoms with van der Waals surface area (Å²) in [7, 11) is 0. The van der Waals surface area contributed by atoms with Crippen LogP contribution in [0.1, 0.15) is 35.7 Å². The number of rotatable bonds is 3. The molecule has 2 aliphatic rings. The number of hydrogen-bond donors (Lipinski definition) is 2. The van der Waals surface area contributed by atoms with Crippen LogP contribution >= 0.6 is 0 Å². The average molecular weight is 312 g/mol. The summed E-state index contributed by atoms with van der Waals surface area (Å²) in [4.78, 5) is 23.7. The fraction of sp³-hybridized carbons (Fsp3) is 0.312. The van der Waals surface area contributed by atoms with E-state index in [0.717, 1.165) is 12.8 Å². The van der Waals surface area contributed by atoms with Gasteiger partial charge in [0.2, 0.25) is 0 Å². The lowest BCUT2D eigenvalue weighted by Crippen LogP contribution is -2.25. The zero-order chi connectivity index (χ0) is 15.8. The van der Waals surface area contributed by atoms with Crippen LogP contribution in [-0.4, -0.2) is 28.2 Å². The van der Waals surface area contributed by atoms with Gasteiger partial charge >= 0.3 is 0 Å². The highest BCUT2D eigenvalue weighted by Gasteiger charge is 2.21. The zero-order valence-electron chi connectivity index (χ0n) is 12.4. The third-order valence-electron chi connectivity index (χ3n) is 4.18. The van der Waals surface area contributed by atoms with E-state index in [-0.39, 0.29) is 18.4 Å². The van der Waals surface area contributed by atoms with Gasteiger partial charge in [0.15, 0.2) is 6.61 Å². The van der Waals surface area contributed by atoms with Gasteiger partial charge in [0, 0.05) is 11.9 Å². The van der Waals surface area contributed by atoms with Crippen LogP contribution in [0.5, 0.6) is 5.75 Å². The monoisotopic (exact) mass is 312 g/mol. The summed E-state index contributed by atoms with van der Waals surface area (Å²) < 4.78 is 7.15. The molecule has 0 saturated heterocycles. The Morgan fingerprint density at radius 2 is 2.26 bits per heavy atom. The predicted octanol–water partition coefficient (Wildman–Crippen LogP) is 2.19. The Morgan fingerprint density at radius 1 is 1.39 bits per heavy atom. The maximum Gasteiger partial charge on any atom is 0.262 e. The van der Waals surface area contributed by atoms with Gasteiger partial charge in [-0.15, -0.1) is 0 Å². The zero-order valence-corrected chi connectivity index (χ0v) is 12.4. The number of fused-ring (bicyclic) bond motifs is 1. The Balaban J connectivity index is 1.49. The van der Waals surface area contributed by atoms with Crippen molar-refractivity contribution in [2.24, 2.45) is 0 Å². The molecular formula is C16H16N4O3. The smallest absolute Gasteiger partial charge is 0.262 e. The lowest BCUT2D eigenvalue weighted by Gasteiger charge is -2.25. The highest BCUT2D eigenvalue weighted by molar-refractivity contribution is 6.04. The molecule has 2 heterocycles. The molecular weight excluding hydrogens is 296 g/mol. The lowest BCUT2D eigenvalue weighted by molar-refractivity contribution is -0.118. The van der Waals surface area contributed by atoms with E-state index in [1.165, 1.54) is 6.42 Å². The van der Waals surface area contributed by atoms with Crippen molar-refractivity contribution in [3.8, 4) is 5.75 Å². The van der Waals surface area contributed by atoms with Crippen molar-refractivity contribution >= 4 is 23.2 Å². The molecule has 2 amide bonds. The van der Waals surface area contributed by atoms with Crippen LogP contribution in [0.2, 0.25) is 0 Å². The fourth-order valence-corrected chi connectivity index (χ4v) is 2.67. The molecule has 0 atom stereocenters. The number of nitrogens with zero attached hydrogens (tertiary/aromatic N) is 2. The molecule has 0 spiro atoms. The Hall–Kier alpha value is -2.83. The van der Waals surface area contributed by atoms with Crippen molar-refractivity contribution in [3.05, 3.63) is 36.2 Å². The first-order valence-corrected chi connectivity index (χ1v) is 7.61. The molecule has 1 fully saturated rings. The van der Waals surface area contributed by atoms with Crippen molar-refractivity contribution in [2.45, 2.75) is 25.3 Å². The van der Waals surface area contributed by atoms with Crippen molar-refractivity contribution in [2.75, 3.05) is 17.2 Å². The lowest BCUT2D eigenvalue weighted by atomic mass is 9.93. The van der Waals surface area contributed by atoms with Crippen LogP contribution in [-0.2, 0) is 4.79 Å². The van der Waals surface area contributed by atoms with Crippen molar-refractivity contribution < 1.29 is 14.3 Å². The number of carbonyl (C=O) groups is 2. The van der Waals surface area contributed by atoms with E-state index in [2.05, 4.69) is 15.7 Å². The van der Waals surface area contributed by atoms with E-state index in [4.69, 9.17) is 4.74 Å². The maximum atomic E-state index is 12.3. The second-order valence-electron chi connectivity index (χ2n) is 5.80. The summed E-state index contributed by atoms with van der Waals surface area (Å²) in [5.74, 6) is 0.168. The minimum atomic E-state index is -0.224. The van der Waals surface area contributed by atoms with E-state index in [0.29, 0.717) is 28.7 Å². The molecule has 1 aromatic carbocycles. The number of hydrogen-bond acceptors (Lipinski definition) is 4. The molecule has 0 bridgehead atoms. The Kier molecular flexibility index (Phi) is 3.25. The van der Waals surface area contributed by atoms with Gasteiger partial charge in [0.1, 0.15) is 5.75 Å². The summed E-state index contributed by atoms with van der Waals surface area (Å²) in [6.07, 6.45) is 6.81. The summed E-state index contributed by atoms with van der Waals surface area (Å²) in [6, 6.07) is 5.57. The second-order valence-corrected chi connectivity index (χ2v) is 5.80. The van der Waals surface area contributed by atoms with E-state index in [9.17, 15) is 9.59 Å². The molecule has 2 N–H and O–H groups in total. The summed E-state index contributed by atoms with van der Waals surface area (Å²) in [5, 5.41) is 9.79. The van der Waals surface area contributed by atoms with Crippen LogP contribution in [0.25, 0.3) is 0 Å². The topological polar surface area (TPSA) is 85.2 Å². The number of carbonyl (C=O) groups excluding carboxylic acids is 2. The molecule has 7 nitrogen and oxygen atoms in total. The third-order valence-corrected chi connectivity index (χ3v) is 4.18. The average Bonchev–Trinajstić information content (AvgIpc) is 2.94. The first-order valence-electron chi connectivity index (χ1n) is 7.61. The normalized spacial score (nSPS) is 16.8. The maximum absolute atomic E-state index is 12.3. The molecule has 23 heavy (non-hydrogen) atoms. The number of aromatic nitrogens is 2. The van der Waals surface area contributed by atoms with Gasteiger partial charge in [-0.05, 0) is 37.5 Å². The minimum absolute atomic E-state index is 0.0130. The van der Waals surface area contributed by atoms with Crippen LogP contribution in [0.4, 0.5) is 11.4 Å². The fourth-order valence-electron chi connectivity index (χ4n) is 2.67. The first kappa shape index (κ1) is 13.8. The Labute approximate surface area is 132 Å². The van der Waals surface area contributed by atoms with E-state index < -0.39 is 0 Å². The predicted molar refractivity (Wildman–Crippen MR) is 83.6 cm³/mol. The quantitative estimate of drug-likeness (QED) is 0.910. The molecule has 1 aliphatic carbocycles. The SMILES string of the molecule is O=C1COc2ccc(NC(=O)c3cnn(C4CCC4)c3)cc2N1. The van der Waals surface area contributed by atoms with Crippen LogP contribution in [0, 0.1) is 0 Å². The highest BCUT2D eigenvalue weighted by atomic mass is 16.5. The number of benzene rings is 1. The molecule has 7 heteroatoms. The van der Waals surface area contributed by atoms with Crippen LogP contribution < -0.4 is 15.4 Å². The molecule has 0 unspecified atom stereocenters. The molecule has 2 aromatic rings. The van der Waals surface area contributed by atoms with E-state index >= 15 is 0 Å². The van der Waals surface area contributed by atoms with E-state index in [1.807, 2.05) is 4.68 Å². The summed E-state index contributed by atoms with van der Waals surface area (Å²) >= 11 is 0. The number of amides is 2. The molecule has 4 rings (SSSR count). The van der Waals surface area contributed by atoms with Crippen molar-refractivity contribution in [1.29, 1.82) is 0 Å². The van der Waals surface area contributed by atoms with Crippen LogP contribution in [0.3, 0.4) is 0 Å². The van der Waals surface area contributed by atoms with Gasteiger partial charge in [-0.2, -0.15) is 5.10 Å². The van der Waals surface area contributed by atoms with E-state index in [1.54, 1.807) is 30.6 Å². The third kappa shape index (κ3) is 2.65. The minimum Gasteiger partial charge on any atom is -0.482 e. The Morgan fingerprint density at radius 3 is 3.04 bits per heavy atom. The van der Waals surface area contributed by atoms with Gasteiger partial charge in [0.05, 0.1) is 23.5 Å². The van der Waals surface area contributed by atoms with Crippen molar-refractivity contribution in [3.63, 3.8) is 0 Å². The number of ether oxygens (including phenoxy) is 1. The molecule has 0 radical (unpaired) electrons. The first-order chi connectivity index (χ1) is 11.2. The standard InChI is InChI=1S/C16H16N4O3/c21-15-9-23-14-5-4-11(6-13(14)19-15)18-16(22)10-7-17-20(8-10)12-2-1-3-12/h4-8,12H,1-3,9H2,(H,18,22)(H,19,21). The summed E-state index contributed by atoms with van der Waals surface area (Å²) in [5.41, 5.74) is 1.68. The van der Waals surface area contributed by atoms with Gasteiger partial charge in [-0.3, -0.25) is 14.3 Å². The highest BCUT2D eigenvalue weighted by Crippen LogP contribution is 2.32. The van der Waals surface area contributed by atoms with Crippen LogP contribution in [0.15, 0.2) is 30.6 Å². The largest absolute Gasteiger partial charge is 0.482 e. The van der Waals surface area contributed by atoms with Gasteiger partial charge < -0.3 is 15.4 Å².